The SMILES string of the molecule is COc1cc(/C=C(/C)C[N+](=O)[O-])ccc1O. The van der Waals surface area contributed by atoms with Crippen LogP contribution < -0.4 is 4.74 Å². The van der Waals surface area contributed by atoms with Gasteiger partial charge in [0.2, 0.25) is 6.54 Å². The van der Waals surface area contributed by atoms with E-state index >= 15 is 0 Å². The summed E-state index contributed by atoms with van der Waals surface area (Å²) in [5, 5.41) is 19.6. The zero-order valence-electron chi connectivity index (χ0n) is 9.14. The molecule has 86 valence electrons. The number of nitro groups is 1. The standard InChI is InChI=1S/C11H13NO4/c1-8(7-12(14)15)5-9-3-4-10(13)11(6-9)16-2/h3-6,13H,7H2,1-2H3/b8-5-. The number of aromatic hydroxyl groups is 1. The Kier molecular flexibility index (Phi) is 3.88. The van der Waals surface area contributed by atoms with Crippen LogP contribution in [0, 0.1) is 10.1 Å². The Morgan fingerprint density at radius 2 is 2.31 bits per heavy atom. The Balaban J connectivity index is 2.93. The summed E-state index contributed by atoms with van der Waals surface area (Å²) >= 11 is 0. The highest BCUT2D eigenvalue weighted by Gasteiger charge is 2.03. The predicted molar refractivity (Wildman–Crippen MR) is 60.2 cm³/mol. The molecule has 1 rings (SSSR count). The van der Waals surface area contributed by atoms with Crippen LogP contribution in [0.5, 0.6) is 11.5 Å². The van der Waals surface area contributed by atoms with E-state index in [1.165, 1.54) is 13.2 Å². The molecule has 0 atom stereocenters. The topological polar surface area (TPSA) is 72.6 Å². The molecule has 0 aliphatic heterocycles. The minimum atomic E-state index is -0.385. The van der Waals surface area contributed by atoms with Gasteiger partial charge in [-0.05, 0) is 36.3 Å². The summed E-state index contributed by atoms with van der Waals surface area (Å²) < 4.78 is 4.94. The van der Waals surface area contributed by atoms with Crippen molar-refractivity contribution in [1.82, 2.24) is 0 Å². The zero-order valence-corrected chi connectivity index (χ0v) is 9.14. The Morgan fingerprint density at radius 1 is 1.62 bits per heavy atom. The van der Waals surface area contributed by atoms with Crippen LogP contribution in [0.25, 0.3) is 6.08 Å². The average Bonchev–Trinajstić information content (AvgIpc) is 2.19. The van der Waals surface area contributed by atoms with Gasteiger partial charge in [0, 0.05) is 4.92 Å². The number of hydrogen-bond donors (Lipinski definition) is 1. The molecular weight excluding hydrogens is 210 g/mol. The summed E-state index contributed by atoms with van der Waals surface area (Å²) in [5.41, 5.74) is 1.40. The van der Waals surface area contributed by atoms with Crippen molar-refractivity contribution in [2.45, 2.75) is 6.92 Å². The third-order valence-electron chi connectivity index (χ3n) is 2.00. The monoisotopic (exact) mass is 223 g/mol. The van der Waals surface area contributed by atoms with Crippen molar-refractivity contribution < 1.29 is 14.8 Å². The molecule has 0 heterocycles. The largest absolute Gasteiger partial charge is 0.504 e. The molecule has 0 spiro atoms. The minimum absolute atomic E-state index is 0.0478. The number of rotatable bonds is 4. The lowest BCUT2D eigenvalue weighted by atomic mass is 10.1. The van der Waals surface area contributed by atoms with Gasteiger partial charge in [0.25, 0.3) is 0 Å². The van der Waals surface area contributed by atoms with E-state index in [1.807, 2.05) is 0 Å². The summed E-state index contributed by atoms with van der Waals surface area (Å²) in [6.07, 6.45) is 1.69. The summed E-state index contributed by atoms with van der Waals surface area (Å²) in [6, 6.07) is 4.78. The van der Waals surface area contributed by atoms with Crippen molar-refractivity contribution in [3.63, 3.8) is 0 Å². The van der Waals surface area contributed by atoms with Crippen molar-refractivity contribution in [2.75, 3.05) is 13.7 Å². The highest BCUT2D eigenvalue weighted by molar-refractivity contribution is 5.57. The van der Waals surface area contributed by atoms with Crippen LogP contribution in [0.3, 0.4) is 0 Å². The van der Waals surface area contributed by atoms with E-state index in [2.05, 4.69) is 0 Å². The van der Waals surface area contributed by atoms with Gasteiger partial charge in [-0.25, -0.2) is 0 Å². The first-order valence-electron chi connectivity index (χ1n) is 4.69. The first kappa shape index (κ1) is 12.0. The molecule has 1 aromatic rings. The molecule has 0 unspecified atom stereocenters. The molecule has 1 N–H and O–H groups in total. The van der Waals surface area contributed by atoms with Gasteiger partial charge in [-0.3, -0.25) is 10.1 Å². The van der Waals surface area contributed by atoms with E-state index in [0.717, 1.165) is 5.56 Å². The van der Waals surface area contributed by atoms with Gasteiger partial charge in [0.05, 0.1) is 7.11 Å². The number of benzene rings is 1. The Labute approximate surface area is 93.1 Å². The van der Waals surface area contributed by atoms with Crippen molar-refractivity contribution in [1.29, 1.82) is 0 Å². The van der Waals surface area contributed by atoms with Crippen LogP contribution in [-0.2, 0) is 0 Å². The van der Waals surface area contributed by atoms with Gasteiger partial charge in [-0.2, -0.15) is 0 Å². The number of methoxy groups -OCH3 is 1. The second-order valence-electron chi connectivity index (χ2n) is 3.41. The lowest BCUT2D eigenvalue weighted by Gasteiger charge is -2.04. The van der Waals surface area contributed by atoms with E-state index < -0.39 is 0 Å². The minimum Gasteiger partial charge on any atom is -0.504 e. The molecule has 16 heavy (non-hydrogen) atoms. The molecule has 0 aromatic heterocycles. The zero-order chi connectivity index (χ0) is 12.1. The molecule has 0 saturated heterocycles. The van der Waals surface area contributed by atoms with Crippen LogP contribution in [0.2, 0.25) is 0 Å². The molecule has 1 aromatic carbocycles. The molecule has 0 bridgehead atoms. The van der Waals surface area contributed by atoms with E-state index in [4.69, 9.17) is 4.74 Å². The number of hydrogen-bond acceptors (Lipinski definition) is 4. The molecular formula is C11H13NO4. The van der Waals surface area contributed by atoms with Gasteiger partial charge in [-0.15, -0.1) is 0 Å². The fourth-order valence-corrected chi connectivity index (χ4v) is 1.32. The van der Waals surface area contributed by atoms with Gasteiger partial charge in [-0.1, -0.05) is 6.07 Å². The third-order valence-corrected chi connectivity index (χ3v) is 2.00. The lowest BCUT2D eigenvalue weighted by molar-refractivity contribution is -0.470. The fraction of sp³-hybridized carbons (Fsp3) is 0.273. The maximum atomic E-state index is 10.3. The molecule has 5 nitrogen and oxygen atoms in total. The van der Waals surface area contributed by atoms with Crippen molar-refractivity contribution >= 4 is 6.08 Å². The molecule has 0 aliphatic carbocycles. The highest BCUT2D eigenvalue weighted by atomic mass is 16.6. The first-order valence-corrected chi connectivity index (χ1v) is 4.69. The Morgan fingerprint density at radius 3 is 2.88 bits per heavy atom. The average molecular weight is 223 g/mol. The summed E-state index contributed by atoms with van der Waals surface area (Å²) in [5.74, 6) is 0.397. The maximum Gasteiger partial charge on any atom is 0.225 e. The highest BCUT2D eigenvalue weighted by Crippen LogP contribution is 2.27. The van der Waals surface area contributed by atoms with E-state index in [9.17, 15) is 15.2 Å². The Bertz CT molecular complexity index is 426. The second-order valence-corrected chi connectivity index (χ2v) is 3.41. The number of ether oxygens (including phenoxy) is 1. The van der Waals surface area contributed by atoms with Crippen LogP contribution in [0.1, 0.15) is 12.5 Å². The maximum absolute atomic E-state index is 10.3. The van der Waals surface area contributed by atoms with Gasteiger partial charge in [0.1, 0.15) is 0 Å². The van der Waals surface area contributed by atoms with Crippen LogP contribution in [-0.4, -0.2) is 23.7 Å². The molecule has 0 amide bonds. The Hall–Kier alpha value is -2.04. The van der Waals surface area contributed by atoms with Gasteiger partial charge in [0.15, 0.2) is 11.5 Å². The summed E-state index contributed by atoms with van der Waals surface area (Å²) in [7, 11) is 1.45. The smallest absolute Gasteiger partial charge is 0.225 e. The number of phenols is 1. The molecule has 0 radical (unpaired) electrons. The predicted octanol–water partition coefficient (Wildman–Crippen LogP) is 2.08. The van der Waals surface area contributed by atoms with Crippen LogP contribution >= 0.6 is 0 Å². The quantitative estimate of drug-likeness (QED) is 0.626. The normalized spacial score (nSPS) is 11.2. The number of phenolic OH excluding ortho intramolecular Hbond substituents is 1. The van der Waals surface area contributed by atoms with Crippen molar-refractivity contribution in [3.8, 4) is 11.5 Å². The second kappa shape index (κ2) is 5.16. The summed E-state index contributed by atoms with van der Waals surface area (Å²) in [4.78, 5) is 9.89. The van der Waals surface area contributed by atoms with Crippen LogP contribution in [0.4, 0.5) is 0 Å². The molecule has 0 fully saturated rings. The molecule has 5 heteroatoms. The van der Waals surface area contributed by atoms with E-state index in [1.54, 1.807) is 25.1 Å². The van der Waals surface area contributed by atoms with E-state index in [0.29, 0.717) is 11.3 Å². The number of nitrogens with zero attached hydrogens (tertiary/aromatic N) is 1. The van der Waals surface area contributed by atoms with Gasteiger partial charge >= 0.3 is 0 Å². The van der Waals surface area contributed by atoms with Gasteiger partial charge < -0.3 is 9.84 Å². The third kappa shape index (κ3) is 3.27. The first-order chi connectivity index (χ1) is 7.52. The lowest BCUT2D eigenvalue weighted by Crippen LogP contribution is -2.01. The molecule has 0 aliphatic rings. The van der Waals surface area contributed by atoms with Crippen molar-refractivity contribution in [3.05, 3.63) is 39.4 Å². The molecule has 0 saturated carbocycles. The van der Waals surface area contributed by atoms with E-state index in [-0.39, 0.29) is 17.2 Å². The van der Waals surface area contributed by atoms with Crippen LogP contribution in [0.15, 0.2) is 23.8 Å². The fourth-order valence-electron chi connectivity index (χ4n) is 1.32. The van der Waals surface area contributed by atoms with Crippen molar-refractivity contribution in [2.24, 2.45) is 0 Å². The summed E-state index contributed by atoms with van der Waals surface area (Å²) in [6.45, 7) is 1.49.